The minimum absolute atomic E-state index is 0.124. The number of aliphatic imine (C=N–C) groups is 1. The molecule has 0 atom stereocenters. The summed E-state index contributed by atoms with van der Waals surface area (Å²) in [6, 6.07) is 11.7. The van der Waals surface area contributed by atoms with Crippen LogP contribution in [0.25, 0.3) is 0 Å². The van der Waals surface area contributed by atoms with Crippen LogP contribution in [0.15, 0.2) is 41.4 Å². The number of guanidine groups is 1. The first kappa shape index (κ1) is 21.4. The van der Waals surface area contributed by atoms with Gasteiger partial charge in [-0.05, 0) is 29.8 Å². The van der Waals surface area contributed by atoms with Gasteiger partial charge in [0.1, 0.15) is 5.75 Å². The monoisotopic (exact) mass is 435 g/mol. The third-order valence-corrected chi connectivity index (χ3v) is 5.84. The Hall–Kier alpha value is -2.29. The summed E-state index contributed by atoms with van der Waals surface area (Å²) in [4.78, 5) is 21.3. The molecule has 1 amide bonds. The Labute approximate surface area is 180 Å². The summed E-state index contributed by atoms with van der Waals surface area (Å²) in [6.45, 7) is 5.23. The number of hydrogen-bond donors (Lipinski definition) is 2. The van der Waals surface area contributed by atoms with E-state index in [1.165, 1.54) is 4.88 Å². The van der Waals surface area contributed by atoms with E-state index in [4.69, 9.17) is 22.1 Å². The highest BCUT2D eigenvalue weighted by atomic mass is 35.5. The number of piperazine rings is 1. The summed E-state index contributed by atoms with van der Waals surface area (Å²) in [6.07, 6.45) is 0. The number of nitrogens with two attached hydrogens (primary N) is 1. The summed E-state index contributed by atoms with van der Waals surface area (Å²) in [5, 5.41) is 3.41. The minimum Gasteiger partial charge on any atom is -0.484 e. The topological polar surface area (TPSA) is 83.2 Å². The van der Waals surface area contributed by atoms with Crippen molar-refractivity contribution in [1.82, 2.24) is 15.1 Å². The number of nitrogens with zero attached hydrogens (tertiary/aromatic N) is 3. The summed E-state index contributed by atoms with van der Waals surface area (Å²) < 4.78 is 6.20. The van der Waals surface area contributed by atoms with Gasteiger partial charge in [0.05, 0.1) is 4.34 Å². The molecule has 0 radical (unpaired) electrons. The van der Waals surface area contributed by atoms with Crippen LogP contribution in [0.2, 0.25) is 4.34 Å². The molecule has 156 valence electrons. The fourth-order valence-corrected chi connectivity index (χ4v) is 4.32. The molecule has 2 aromatic rings. The molecule has 1 aliphatic rings. The molecular formula is C20H26ClN5O2S. The van der Waals surface area contributed by atoms with Gasteiger partial charge in [0.2, 0.25) is 0 Å². The number of ether oxygens (including phenoxy) is 1. The third-order valence-electron chi connectivity index (χ3n) is 4.62. The molecule has 1 aromatic carbocycles. The molecule has 1 fully saturated rings. The van der Waals surface area contributed by atoms with Crippen molar-refractivity contribution < 1.29 is 9.53 Å². The summed E-state index contributed by atoms with van der Waals surface area (Å²) in [7, 11) is 1.80. The fourth-order valence-electron chi connectivity index (χ4n) is 3.19. The van der Waals surface area contributed by atoms with Crippen LogP contribution in [0.1, 0.15) is 10.4 Å². The molecule has 9 heteroatoms. The van der Waals surface area contributed by atoms with E-state index < -0.39 is 5.91 Å². The predicted molar refractivity (Wildman–Crippen MR) is 118 cm³/mol. The smallest absolute Gasteiger partial charge is 0.255 e. The molecule has 0 unspecified atom stereocenters. The maximum Gasteiger partial charge on any atom is 0.255 e. The molecule has 29 heavy (non-hydrogen) atoms. The van der Waals surface area contributed by atoms with Crippen LogP contribution < -0.4 is 15.8 Å². The number of carbonyl (C=O) groups is 1. The van der Waals surface area contributed by atoms with Gasteiger partial charge in [0.25, 0.3) is 5.91 Å². The Kier molecular flexibility index (Phi) is 7.74. The Morgan fingerprint density at radius 1 is 1.28 bits per heavy atom. The van der Waals surface area contributed by atoms with E-state index in [0.717, 1.165) is 48.6 Å². The van der Waals surface area contributed by atoms with Gasteiger partial charge in [0.15, 0.2) is 12.6 Å². The molecule has 0 spiro atoms. The number of carbonyl (C=O) groups excluding carboxylic acids is 1. The van der Waals surface area contributed by atoms with Gasteiger partial charge in [0, 0.05) is 51.2 Å². The summed E-state index contributed by atoms with van der Waals surface area (Å²) >= 11 is 7.67. The zero-order chi connectivity index (χ0) is 20.6. The van der Waals surface area contributed by atoms with E-state index in [-0.39, 0.29) is 6.61 Å². The normalized spacial score (nSPS) is 15.4. The van der Waals surface area contributed by atoms with Gasteiger partial charge in [-0.25, -0.2) is 0 Å². The molecule has 0 saturated carbocycles. The molecule has 7 nitrogen and oxygen atoms in total. The van der Waals surface area contributed by atoms with Gasteiger partial charge in [-0.3, -0.25) is 14.7 Å². The Bertz CT molecular complexity index is 849. The molecular weight excluding hydrogens is 410 g/mol. The lowest BCUT2D eigenvalue weighted by Gasteiger charge is -2.36. The van der Waals surface area contributed by atoms with Crippen molar-refractivity contribution in [2.24, 2.45) is 10.7 Å². The van der Waals surface area contributed by atoms with E-state index in [0.29, 0.717) is 12.3 Å². The van der Waals surface area contributed by atoms with Crippen LogP contribution in [0.4, 0.5) is 0 Å². The van der Waals surface area contributed by atoms with Crippen molar-refractivity contribution >= 4 is 34.8 Å². The van der Waals surface area contributed by atoms with Gasteiger partial charge >= 0.3 is 0 Å². The van der Waals surface area contributed by atoms with Crippen molar-refractivity contribution in [2.45, 2.75) is 13.1 Å². The average Bonchev–Trinajstić information content (AvgIpc) is 3.13. The largest absolute Gasteiger partial charge is 0.484 e. The third kappa shape index (κ3) is 6.62. The second-order valence-corrected chi connectivity index (χ2v) is 8.57. The lowest BCUT2D eigenvalue weighted by molar-refractivity contribution is -0.119. The van der Waals surface area contributed by atoms with Crippen molar-refractivity contribution in [3.63, 3.8) is 0 Å². The number of thiophene rings is 1. The molecule has 0 aliphatic carbocycles. The zero-order valence-electron chi connectivity index (χ0n) is 16.4. The van der Waals surface area contributed by atoms with Crippen molar-refractivity contribution in [3.05, 3.63) is 51.2 Å². The van der Waals surface area contributed by atoms with Crippen LogP contribution in [-0.4, -0.2) is 61.5 Å². The van der Waals surface area contributed by atoms with Crippen LogP contribution in [0, 0.1) is 0 Å². The first-order valence-electron chi connectivity index (χ1n) is 9.45. The number of rotatable bonds is 7. The van der Waals surface area contributed by atoms with E-state index >= 15 is 0 Å². The van der Waals surface area contributed by atoms with E-state index in [1.54, 1.807) is 24.5 Å². The SMILES string of the molecule is CN=C(NCc1cccc(OCC(N)=O)c1)N1CCN(Cc2ccc(Cl)s2)CC1. The number of nitrogens with one attached hydrogen (secondary N) is 1. The van der Waals surface area contributed by atoms with E-state index in [1.807, 2.05) is 24.3 Å². The van der Waals surface area contributed by atoms with E-state index in [9.17, 15) is 4.79 Å². The molecule has 2 heterocycles. The highest BCUT2D eigenvalue weighted by Crippen LogP contribution is 2.23. The van der Waals surface area contributed by atoms with Crippen molar-refractivity contribution in [3.8, 4) is 5.75 Å². The van der Waals surface area contributed by atoms with Gasteiger partial charge < -0.3 is 20.7 Å². The molecule has 0 bridgehead atoms. The van der Waals surface area contributed by atoms with Crippen LogP contribution in [0.3, 0.4) is 0 Å². The first-order valence-corrected chi connectivity index (χ1v) is 10.6. The Balaban J connectivity index is 1.47. The average molecular weight is 436 g/mol. The standard InChI is InChI=1S/C20H26ClN5O2S/c1-23-20(24-12-15-3-2-4-16(11-15)28-14-19(22)27)26-9-7-25(8-10-26)13-17-5-6-18(21)29-17/h2-6,11H,7-10,12-14H2,1H3,(H2,22,27)(H,23,24). The van der Waals surface area contributed by atoms with Crippen molar-refractivity contribution in [1.29, 1.82) is 0 Å². The summed E-state index contributed by atoms with van der Waals surface area (Å²) in [5.41, 5.74) is 6.17. The lowest BCUT2D eigenvalue weighted by atomic mass is 10.2. The molecule has 1 saturated heterocycles. The number of primary amides is 1. The Morgan fingerprint density at radius 3 is 2.72 bits per heavy atom. The van der Waals surface area contributed by atoms with Crippen LogP contribution in [-0.2, 0) is 17.9 Å². The Morgan fingerprint density at radius 2 is 2.07 bits per heavy atom. The number of hydrogen-bond acceptors (Lipinski definition) is 5. The lowest BCUT2D eigenvalue weighted by Crippen LogP contribution is -2.51. The molecule has 3 rings (SSSR count). The molecule has 1 aromatic heterocycles. The van der Waals surface area contributed by atoms with Crippen molar-refractivity contribution in [2.75, 3.05) is 39.8 Å². The zero-order valence-corrected chi connectivity index (χ0v) is 18.0. The predicted octanol–water partition coefficient (Wildman–Crippen LogP) is 2.16. The minimum atomic E-state index is -0.491. The maximum absolute atomic E-state index is 10.9. The quantitative estimate of drug-likeness (QED) is 0.514. The number of amides is 1. The van der Waals surface area contributed by atoms with Crippen LogP contribution in [0.5, 0.6) is 5.75 Å². The second kappa shape index (κ2) is 10.5. The number of benzene rings is 1. The fraction of sp³-hybridized carbons (Fsp3) is 0.400. The number of halogens is 1. The van der Waals surface area contributed by atoms with Gasteiger partial charge in [-0.2, -0.15) is 0 Å². The second-order valence-electron chi connectivity index (χ2n) is 6.77. The van der Waals surface area contributed by atoms with Crippen LogP contribution >= 0.6 is 22.9 Å². The van der Waals surface area contributed by atoms with Gasteiger partial charge in [-0.1, -0.05) is 23.7 Å². The first-order chi connectivity index (χ1) is 14.0. The summed E-state index contributed by atoms with van der Waals surface area (Å²) in [5.74, 6) is 1.02. The molecule has 3 N–H and O–H groups in total. The molecule has 1 aliphatic heterocycles. The highest BCUT2D eigenvalue weighted by molar-refractivity contribution is 7.16. The van der Waals surface area contributed by atoms with Gasteiger partial charge in [-0.15, -0.1) is 11.3 Å². The maximum atomic E-state index is 10.9. The van der Waals surface area contributed by atoms with E-state index in [2.05, 4.69) is 26.2 Å². The highest BCUT2D eigenvalue weighted by Gasteiger charge is 2.20.